The molecule has 0 aliphatic heterocycles. The quantitative estimate of drug-likeness (QED) is 0.754. The van der Waals surface area contributed by atoms with Gasteiger partial charge in [0.15, 0.2) is 0 Å². The molecule has 3 aromatic rings. The minimum absolute atomic E-state index is 0.0492. The Kier molecular flexibility index (Phi) is 4.55. The van der Waals surface area contributed by atoms with Crippen LogP contribution in [-0.4, -0.2) is 13.4 Å². The van der Waals surface area contributed by atoms with Crippen molar-refractivity contribution in [1.82, 2.24) is 4.98 Å². The molecule has 0 saturated carbocycles. The minimum Gasteiger partial charge on any atom is -0.255 e. The van der Waals surface area contributed by atoms with Crippen LogP contribution in [-0.2, 0) is 10.0 Å². The van der Waals surface area contributed by atoms with Crippen LogP contribution in [0.25, 0.3) is 22.4 Å². The molecule has 0 unspecified atom stereocenters. The van der Waals surface area contributed by atoms with Crippen LogP contribution >= 0.6 is 0 Å². The Bertz CT molecular complexity index is 1120. The van der Waals surface area contributed by atoms with Gasteiger partial charge >= 0.3 is 0 Å². The summed E-state index contributed by atoms with van der Waals surface area (Å²) in [7, 11) is -4.41. The first-order chi connectivity index (χ1) is 12.2. The van der Waals surface area contributed by atoms with Crippen LogP contribution in [0.4, 0.5) is 13.2 Å². The van der Waals surface area contributed by atoms with Gasteiger partial charge in [-0.05, 0) is 42.3 Å². The van der Waals surface area contributed by atoms with Gasteiger partial charge in [-0.25, -0.2) is 26.7 Å². The lowest BCUT2D eigenvalue weighted by molar-refractivity contribution is 0.555. The van der Waals surface area contributed by atoms with Crippen molar-refractivity contribution in [3.8, 4) is 22.4 Å². The van der Waals surface area contributed by atoms with E-state index in [4.69, 9.17) is 5.14 Å². The van der Waals surface area contributed by atoms with E-state index in [1.165, 1.54) is 12.3 Å². The van der Waals surface area contributed by atoms with Crippen molar-refractivity contribution < 1.29 is 21.6 Å². The molecule has 3 rings (SSSR count). The van der Waals surface area contributed by atoms with Crippen LogP contribution in [0.5, 0.6) is 0 Å². The molecule has 4 nitrogen and oxygen atoms in total. The fourth-order valence-electron chi connectivity index (χ4n) is 2.54. The third kappa shape index (κ3) is 3.33. The predicted molar refractivity (Wildman–Crippen MR) is 91.1 cm³/mol. The average molecular weight is 378 g/mol. The van der Waals surface area contributed by atoms with Crippen molar-refractivity contribution in [2.24, 2.45) is 5.14 Å². The molecule has 0 radical (unpaired) electrons. The van der Waals surface area contributed by atoms with E-state index in [0.717, 1.165) is 0 Å². The molecule has 2 aromatic carbocycles. The van der Waals surface area contributed by atoms with E-state index >= 15 is 0 Å². The number of aromatic nitrogens is 1. The molecule has 8 heteroatoms. The van der Waals surface area contributed by atoms with Crippen molar-refractivity contribution in [3.05, 3.63) is 71.7 Å². The molecule has 0 atom stereocenters. The third-order valence-electron chi connectivity index (χ3n) is 3.87. The van der Waals surface area contributed by atoms with Gasteiger partial charge in [-0.1, -0.05) is 18.2 Å². The van der Waals surface area contributed by atoms with E-state index in [1.807, 2.05) is 0 Å². The van der Waals surface area contributed by atoms with Crippen molar-refractivity contribution in [2.45, 2.75) is 11.8 Å². The Morgan fingerprint density at radius 2 is 1.65 bits per heavy atom. The molecule has 1 aromatic heterocycles. The van der Waals surface area contributed by atoms with Gasteiger partial charge in [-0.3, -0.25) is 4.98 Å². The highest BCUT2D eigenvalue weighted by atomic mass is 32.2. The zero-order valence-corrected chi connectivity index (χ0v) is 14.3. The molecule has 0 bridgehead atoms. The highest BCUT2D eigenvalue weighted by Crippen LogP contribution is 2.34. The van der Waals surface area contributed by atoms with Gasteiger partial charge in [0.25, 0.3) is 0 Å². The van der Waals surface area contributed by atoms with Crippen LogP contribution in [0.1, 0.15) is 5.56 Å². The molecule has 2 N–H and O–H groups in total. The maximum absolute atomic E-state index is 14.5. The number of halogens is 3. The largest absolute Gasteiger partial charge is 0.255 e. The molecular weight excluding hydrogens is 365 g/mol. The monoisotopic (exact) mass is 378 g/mol. The molecule has 0 aliphatic rings. The maximum Gasteiger partial charge on any atom is 0.241 e. The number of aryl methyl sites for hydroxylation is 1. The molecule has 0 spiro atoms. The average Bonchev–Trinajstić information content (AvgIpc) is 2.58. The number of primary sulfonamides is 1. The predicted octanol–water partition coefficient (Wildman–Crippen LogP) is 3.79. The number of benzene rings is 2. The van der Waals surface area contributed by atoms with Crippen LogP contribution in [0, 0.1) is 24.4 Å². The molecule has 0 saturated heterocycles. The zero-order chi connectivity index (χ0) is 19.1. The standard InChI is InChI=1S/C18H13F3N2O2S/c1-10-4-5-11(7-14(10)19)12-3-2-6-23-18(12)13-8-16(21)17(9-15(13)20)26(22,24)25/h2-9H,1H3,(H2,22,24,25). The van der Waals surface area contributed by atoms with Gasteiger partial charge in [0, 0.05) is 17.3 Å². The Hall–Kier alpha value is -2.71. The van der Waals surface area contributed by atoms with E-state index in [2.05, 4.69) is 4.98 Å². The summed E-state index contributed by atoms with van der Waals surface area (Å²) in [5.41, 5.74) is 1.02. The number of rotatable bonds is 3. The molecule has 0 amide bonds. The highest BCUT2D eigenvalue weighted by Gasteiger charge is 2.21. The summed E-state index contributed by atoms with van der Waals surface area (Å²) in [6.07, 6.45) is 1.37. The highest BCUT2D eigenvalue weighted by molar-refractivity contribution is 7.89. The van der Waals surface area contributed by atoms with Crippen LogP contribution < -0.4 is 5.14 Å². The van der Waals surface area contributed by atoms with Gasteiger partial charge < -0.3 is 0 Å². The smallest absolute Gasteiger partial charge is 0.241 e. The summed E-state index contributed by atoms with van der Waals surface area (Å²) in [5, 5.41) is 4.88. The Labute approximate surface area is 148 Å². The molecule has 134 valence electrons. The second-order valence-electron chi connectivity index (χ2n) is 5.67. The lowest BCUT2D eigenvalue weighted by Gasteiger charge is -2.12. The van der Waals surface area contributed by atoms with Crippen molar-refractivity contribution in [3.63, 3.8) is 0 Å². The van der Waals surface area contributed by atoms with E-state index < -0.39 is 32.4 Å². The van der Waals surface area contributed by atoms with Gasteiger partial charge in [0.05, 0.1) is 5.69 Å². The first kappa shape index (κ1) is 18.1. The minimum atomic E-state index is -4.41. The number of pyridine rings is 1. The summed E-state index contributed by atoms with van der Waals surface area (Å²) in [6, 6.07) is 8.83. The lowest BCUT2D eigenvalue weighted by atomic mass is 9.98. The fourth-order valence-corrected chi connectivity index (χ4v) is 3.14. The van der Waals surface area contributed by atoms with Crippen molar-refractivity contribution in [2.75, 3.05) is 0 Å². The second kappa shape index (κ2) is 6.54. The maximum atomic E-state index is 14.5. The van der Waals surface area contributed by atoms with Gasteiger partial charge in [0.1, 0.15) is 22.3 Å². The Balaban J connectivity index is 2.23. The first-order valence-corrected chi connectivity index (χ1v) is 8.97. The fraction of sp³-hybridized carbons (Fsp3) is 0.0556. The van der Waals surface area contributed by atoms with Crippen LogP contribution in [0.3, 0.4) is 0 Å². The lowest BCUT2D eigenvalue weighted by Crippen LogP contribution is -2.14. The Morgan fingerprint density at radius 3 is 2.31 bits per heavy atom. The normalized spacial score (nSPS) is 11.6. The summed E-state index contributed by atoms with van der Waals surface area (Å²) in [5.74, 6) is -2.66. The van der Waals surface area contributed by atoms with Gasteiger partial charge in [-0.15, -0.1) is 0 Å². The molecule has 0 fully saturated rings. The third-order valence-corrected chi connectivity index (χ3v) is 4.80. The van der Waals surface area contributed by atoms with Gasteiger partial charge in [0.2, 0.25) is 10.0 Å². The van der Waals surface area contributed by atoms with Crippen molar-refractivity contribution in [1.29, 1.82) is 0 Å². The van der Waals surface area contributed by atoms with E-state index in [-0.39, 0.29) is 11.3 Å². The molecular formula is C18H13F3N2O2S. The van der Waals surface area contributed by atoms with E-state index in [9.17, 15) is 21.6 Å². The number of nitrogens with two attached hydrogens (primary N) is 1. The van der Waals surface area contributed by atoms with Crippen molar-refractivity contribution >= 4 is 10.0 Å². The molecule has 1 heterocycles. The number of hydrogen-bond donors (Lipinski definition) is 1. The summed E-state index contributed by atoms with van der Waals surface area (Å²) < 4.78 is 65.2. The van der Waals surface area contributed by atoms with Crippen LogP contribution in [0.2, 0.25) is 0 Å². The molecule has 26 heavy (non-hydrogen) atoms. The summed E-state index contributed by atoms with van der Waals surface area (Å²) >= 11 is 0. The SMILES string of the molecule is Cc1ccc(-c2cccnc2-c2cc(F)c(S(N)(=O)=O)cc2F)cc1F. The molecule has 0 aliphatic carbocycles. The summed E-state index contributed by atoms with van der Waals surface area (Å²) in [4.78, 5) is 3.11. The van der Waals surface area contributed by atoms with Gasteiger partial charge in [-0.2, -0.15) is 0 Å². The van der Waals surface area contributed by atoms with E-state index in [1.54, 1.807) is 31.2 Å². The van der Waals surface area contributed by atoms with Crippen LogP contribution in [0.15, 0.2) is 53.6 Å². The number of nitrogens with zero attached hydrogens (tertiary/aromatic N) is 1. The Morgan fingerprint density at radius 1 is 0.923 bits per heavy atom. The number of sulfonamides is 1. The topological polar surface area (TPSA) is 73.0 Å². The zero-order valence-electron chi connectivity index (χ0n) is 13.5. The van der Waals surface area contributed by atoms with E-state index in [0.29, 0.717) is 28.8 Å². The summed E-state index contributed by atoms with van der Waals surface area (Å²) in [6.45, 7) is 1.60. The first-order valence-electron chi connectivity index (χ1n) is 7.42. The number of hydrogen-bond acceptors (Lipinski definition) is 3. The second-order valence-corrected chi connectivity index (χ2v) is 7.20.